The molecule has 0 aliphatic rings. The third-order valence-corrected chi connectivity index (χ3v) is 7.50. The second-order valence-electron chi connectivity index (χ2n) is 7.09. The van der Waals surface area contributed by atoms with Gasteiger partial charge in [0, 0.05) is 5.39 Å². The molecule has 0 N–H and O–H groups in total. The van der Waals surface area contributed by atoms with Gasteiger partial charge in [0.25, 0.3) is 0 Å². The van der Waals surface area contributed by atoms with E-state index in [9.17, 15) is 4.39 Å². The molecule has 0 aliphatic carbocycles. The van der Waals surface area contributed by atoms with Crippen molar-refractivity contribution in [2.24, 2.45) is 5.92 Å². The zero-order valence-corrected chi connectivity index (χ0v) is 16.6. The molecule has 0 saturated heterocycles. The van der Waals surface area contributed by atoms with Crippen LogP contribution in [0.4, 0.5) is 4.39 Å². The van der Waals surface area contributed by atoms with E-state index in [-0.39, 0.29) is 5.02 Å². The first-order valence-electron chi connectivity index (χ1n) is 7.97. The summed E-state index contributed by atoms with van der Waals surface area (Å²) >= 11 is 5.99. The molecule has 22 heavy (non-hydrogen) atoms. The minimum Gasteiger partial charge on any atom is -0.362 e. The van der Waals surface area contributed by atoms with Gasteiger partial charge in [-0.05, 0) is 29.3 Å². The van der Waals surface area contributed by atoms with E-state index >= 15 is 0 Å². The van der Waals surface area contributed by atoms with Gasteiger partial charge in [-0.3, -0.25) is 0 Å². The summed E-state index contributed by atoms with van der Waals surface area (Å²) in [5.74, 6) is 0.384. The third-order valence-electron chi connectivity index (χ3n) is 3.32. The van der Waals surface area contributed by atoms with Crippen molar-refractivity contribution in [3.05, 3.63) is 29.3 Å². The van der Waals surface area contributed by atoms with Crippen LogP contribution in [-0.2, 0) is 0 Å². The maximum atomic E-state index is 13.4. The number of fused-ring (bicyclic) bond motifs is 1. The molecule has 0 amide bonds. The normalized spacial score (nSPS) is 11.7. The first-order valence-corrected chi connectivity index (χ1v) is 10.2. The molecular weight excluding hydrogens is 315 g/mol. The van der Waals surface area contributed by atoms with E-state index in [0.717, 1.165) is 17.0 Å². The SMILES string of the molecule is CC(C)C.CC(C)[SiH](C(C)C)n1ccc2c(Cl)c(F)cnc21. The molecule has 2 rings (SSSR count). The Bertz CT molecular complexity index is 597. The van der Waals surface area contributed by atoms with Crippen molar-refractivity contribution in [2.45, 2.75) is 59.5 Å². The van der Waals surface area contributed by atoms with Crippen LogP contribution in [0.15, 0.2) is 18.5 Å². The van der Waals surface area contributed by atoms with Crippen LogP contribution in [-0.4, -0.2) is 18.2 Å². The number of nitrogens with zero attached hydrogens (tertiary/aromatic N) is 2. The fourth-order valence-corrected chi connectivity index (χ4v) is 6.50. The monoisotopic (exact) mass is 342 g/mol. The maximum absolute atomic E-state index is 13.4. The van der Waals surface area contributed by atoms with Gasteiger partial charge in [-0.15, -0.1) is 0 Å². The van der Waals surface area contributed by atoms with Gasteiger partial charge in [-0.1, -0.05) is 60.1 Å². The maximum Gasteiger partial charge on any atom is 0.160 e. The number of rotatable bonds is 3. The molecule has 2 aromatic rings. The predicted molar refractivity (Wildman–Crippen MR) is 98.0 cm³/mol. The van der Waals surface area contributed by atoms with E-state index in [1.165, 1.54) is 6.20 Å². The standard InChI is InChI=1S/C13H18ClFN2Si.C4H10/c1-8(2)18(9(3)4)17-6-5-10-12(14)11(15)7-16-13(10)17;1-4(2)3/h5-9,18H,1-4H3;4H,1-3H3. The smallest absolute Gasteiger partial charge is 0.160 e. The number of hydrogen-bond donors (Lipinski definition) is 0. The van der Waals surface area contributed by atoms with Crippen LogP contribution in [0.2, 0.25) is 16.1 Å². The minimum absolute atomic E-state index is 0.180. The molecule has 0 atom stereocenters. The molecule has 0 spiro atoms. The van der Waals surface area contributed by atoms with Crippen molar-refractivity contribution in [1.82, 2.24) is 9.22 Å². The van der Waals surface area contributed by atoms with Crippen molar-refractivity contribution in [3.63, 3.8) is 0 Å². The largest absolute Gasteiger partial charge is 0.362 e. The molecule has 0 radical (unpaired) electrons. The molecule has 2 heterocycles. The van der Waals surface area contributed by atoms with Crippen LogP contribution < -0.4 is 0 Å². The summed E-state index contributed by atoms with van der Waals surface area (Å²) in [4.78, 5) is 4.23. The Morgan fingerprint density at radius 3 is 2.05 bits per heavy atom. The molecule has 0 bridgehead atoms. The lowest BCUT2D eigenvalue weighted by atomic mass is 10.3. The van der Waals surface area contributed by atoms with Crippen molar-refractivity contribution in [3.8, 4) is 0 Å². The van der Waals surface area contributed by atoms with Gasteiger partial charge in [0.05, 0.1) is 11.2 Å². The molecule has 5 heteroatoms. The summed E-state index contributed by atoms with van der Waals surface area (Å²) in [7, 11) is -1.20. The summed E-state index contributed by atoms with van der Waals surface area (Å²) < 4.78 is 15.6. The van der Waals surface area contributed by atoms with E-state index in [0.29, 0.717) is 11.1 Å². The zero-order valence-electron chi connectivity index (χ0n) is 14.7. The summed E-state index contributed by atoms with van der Waals surface area (Å²) in [5, 5.41) is 0.898. The molecule has 2 aromatic heterocycles. The second-order valence-corrected chi connectivity index (χ2v) is 11.7. The molecular formula is C17H28ClFN2Si. The lowest BCUT2D eigenvalue weighted by Gasteiger charge is -2.25. The van der Waals surface area contributed by atoms with E-state index < -0.39 is 14.8 Å². The highest BCUT2D eigenvalue weighted by Gasteiger charge is 2.24. The van der Waals surface area contributed by atoms with Gasteiger partial charge in [0.2, 0.25) is 0 Å². The topological polar surface area (TPSA) is 17.8 Å². The molecule has 0 saturated carbocycles. The number of pyridine rings is 1. The lowest BCUT2D eigenvalue weighted by Crippen LogP contribution is -2.30. The molecule has 0 unspecified atom stereocenters. The van der Waals surface area contributed by atoms with Crippen LogP contribution in [0, 0.1) is 11.7 Å². The van der Waals surface area contributed by atoms with Gasteiger partial charge in [-0.25, -0.2) is 9.37 Å². The Morgan fingerprint density at radius 1 is 1.09 bits per heavy atom. The summed E-state index contributed by atoms with van der Waals surface area (Å²) in [5.41, 5.74) is 2.05. The Balaban J connectivity index is 0.000000541. The van der Waals surface area contributed by atoms with Gasteiger partial charge in [0.15, 0.2) is 14.8 Å². The highest BCUT2D eigenvalue weighted by atomic mass is 35.5. The van der Waals surface area contributed by atoms with Gasteiger partial charge < -0.3 is 4.23 Å². The predicted octanol–water partition coefficient (Wildman–Crippen LogP) is 5.88. The van der Waals surface area contributed by atoms with Crippen LogP contribution >= 0.6 is 11.6 Å². The van der Waals surface area contributed by atoms with Crippen molar-refractivity contribution in [2.75, 3.05) is 0 Å². The van der Waals surface area contributed by atoms with Crippen molar-refractivity contribution >= 4 is 31.6 Å². The number of hydrogen-bond acceptors (Lipinski definition) is 1. The van der Waals surface area contributed by atoms with Crippen molar-refractivity contribution < 1.29 is 4.39 Å². The number of aromatic nitrogens is 2. The van der Waals surface area contributed by atoms with Gasteiger partial charge in [-0.2, -0.15) is 0 Å². The van der Waals surface area contributed by atoms with Crippen LogP contribution in [0.25, 0.3) is 11.0 Å². The fraction of sp³-hybridized carbons (Fsp3) is 0.588. The Hall–Kier alpha value is -0.873. The van der Waals surface area contributed by atoms with Crippen LogP contribution in [0.1, 0.15) is 48.5 Å². The van der Waals surface area contributed by atoms with E-state index in [2.05, 4.69) is 57.7 Å². The average molecular weight is 343 g/mol. The third kappa shape index (κ3) is 4.56. The van der Waals surface area contributed by atoms with Crippen LogP contribution in [0.3, 0.4) is 0 Å². The highest BCUT2D eigenvalue weighted by molar-refractivity contribution is 6.61. The fourth-order valence-electron chi connectivity index (χ4n) is 2.70. The van der Waals surface area contributed by atoms with E-state index in [1.54, 1.807) is 0 Å². The number of halogens is 2. The Kier molecular flexibility index (Phi) is 7.07. The Labute approximate surface area is 140 Å². The van der Waals surface area contributed by atoms with Crippen molar-refractivity contribution in [1.29, 1.82) is 0 Å². The summed E-state index contributed by atoms with van der Waals surface area (Å²) in [6.45, 7) is 15.5. The molecule has 0 aromatic carbocycles. The first kappa shape index (κ1) is 19.2. The average Bonchev–Trinajstić information content (AvgIpc) is 2.77. The van der Waals surface area contributed by atoms with Gasteiger partial charge >= 0.3 is 0 Å². The zero-order chi connectivity index (χ0) is 17.0. The highest BCUT2D eigenvalue weighted by Crippen LogP contribution is 2.29. The first-order chi connectivity index (χ1) is 10.2. The van der Waals surface area contributed by atoms with E-state index in [4.69, 9.17) is 11.6 Å². The summed E-state index contributed by atoms with van der Waals surface area (Å²) in [6.07, 6.45) is 3.23. The van der Waals surface area contributed by atoms with E-state index in [1.807, 2.05) is 12.3 Å². The molecule has 0 aliphatic heterocycles. The van der Waals surface area contributed by atoms with Gasteiger partial charge in [0.1, 0.15) is 5.65 Å². The molecule has 124 valence electrons. The molecule has 2 nitrogen and oxygen atoms in total. The van der Waals surface area contributed by atoms with Crippen LogP contribution in [0.5, 0.6) is 0 Å². The second kappa shape index (κ2) is 8.11. The Morgan fingerprint density at radius 2 is 1.59 bits per heavy atom. The summed E-state index contributed by atoms with van der Waals surface area (Å²) in [6, 6.07) is 1.87. The minimum atomic E-state index is -1.20. The lowest BCUT2D eigenvalue weighted by molar-refractivity contribution is 0.624. The molecule has 0 fully saturated rings. The quantitative estimate of drug-likeness (QED) is 0.636.